The van der Waals surface area contributed by atoms with Gasteiger partial charge in [0.25, 0.3) is 0 Å². The third kappa shape index (κ3) is 1.76. The molecule has 0 aromatic rings. The SMILES string of the molecule is CC(C)[C@@H]1CC[C@@H]2OCC[C@@]2(CBr)C1. The Bertz CT molecular complexity index is 204. The van der Waals surface area contributed by atoms with Crippen LogP contribution in [0.3, 0.4) is 0 Å². The van der Waals surface area contributed by atoms with Gasteiger partial charge in [0.2, 0.25) is 0 Å². The molecule has 0 radical (unpaired) electrons. The molecule has 1 heterocycles. The van der Waals surface area contributed by atoms with Crippen molar-refractivity contribution >= 4 is 15.9 Å². The number of rotatable bonds is 2. The van der Waals surface area contributed by atoms with E-state index in [4.69, 9.17) is 4.74 Å². The van der Waals surface area contributed by atoms with Gasteiger partial charge in [-0.3, -0.25) is 0 Å². The van der Waals surface area contributed by atoms with Crippen LogP contribution in [0.1, 0.15) is 39.5 Å². The maximum atomic E-state index is 5.85. The summed E-state index contributed by atoms with van der Waals surface area (Å²) in [5.41, 5.74) is 0.479. The van der Waals surface area contributed by atoms with E-state index in [9.17, 15) is 0 Å². The molecule has 0 amide bonds. The van der Waals surface area contributed by atoms with E-state index in [2.05, 4.69) is 29.8 Å². The molecule has 1 nitrogen and oxygen atoms in total. The first kappa shape index (κ1) is 10.9. The summed E-state index contributed by atoms with van der Waals surface area (Å²) < 4.78 is 5.85. The fourth-order valence-electron chi connectivity index (χ4n) is 3.13. The van der Waals surface area contributed by atoms with Gasteiger partial charge in [0.05, 0.1) is 6.10 Å². The summed E-state index contributed by atoms with van der Waals surface area (Å²) in [7, 11) is 0. The van der Waals surface area contributed by atoms with Crippen molar-refractivity contribution in [1.29, 1.82) is 0 Å². The molecule has 0 unspecified atom stereocenters. The molecule has 2 heteroatoms. The van der Waals surface area contributed by atoms with E-state index in [-0.39, 0.29) is 0 Å². The van der Waals surface area contributed by atoms with Crippen LogP contribution in [0.2, 0.25) is 0 Å². The molecule has 82 valence electrons. The third-order valence-electron chi connectivity index (χ3n) is 4.28. The van der Waals surface area contributed by atoms with Gasteiger partial charge in [0, 0.05) is 17.4 Å². The van der Waals surface area contributed by atoms with Crippen LogP contribution < -0.4 is 0 Å². The van der Waals surface area contributed by atoms with Gasteiger partial charge < -0.3 is 4.74 Å². The summed E-state index contributed by atoms with van der Waals surface area (Å²) in [5.74, 6) is 1.76. The molecule has 2 fully saturated rings. The lowest BCUT2D eigenvalue weighted by molar-refractivity contribution is 0.00265. The molecule has 0 aromatic heterocycles. The smallest absolute Gasteiger partial charge is 0.0640 e. The van der Waals surface area contributed by atoms with Crippen LogP contribution >= 0.6 is 15.9 Å². The Morgan fingerprint density at radius 2 is 2.21 bits per heavy atom. The maximum Gasteiger partial charge on any atom is 0.0640 e. The Morgan fingerprint density at radius 1 is 1.43 bits per heavy atom. The first-order chi connectivity index (χ1) is 6.68. The number of hydrogen-bond acceptors (Lipinski definition) is 1. The van der Waals surface area contributed by atoms with Gasteiger partial charge in [0.1, 0.15) is 0 Å². The zero-order valence-electron chi connectivity index (χ0n) is 9.26. The Balaban J connectivity index is 2.09. The second-order valence-electron chi connectivity index (χ2n) is 5.39. The lowest BCUT2D eigenvalue weighted by atomic mass is 9.66. The Labute approximate surface area is 95.7 Å². The minimum Gasteiger partial charge on any atom is -0.378 e. The van der Waals surface area contributed by atoms with Crippen LogP contribution in [0.25, 0.3) is 0 Å². The number of hydrogen-bond donors (Lipinski definition) is 0. The van der Waals surface area contributed by atoms with Gasteiger partial charge in [0.15, 0.2) is 0 Å². The van der Waals surface area contributed by atoms with E-state index in [0.717, 1.165) is 23.8 Å². The predicted molar refractivity (Wildman–Crippen MR) is 62.8 cm³/mol. The van der Waals surface area contributed by atoms with Crippen molar-refractivity contribution < 1.29 is 4.74 Å². The first-order valence-corrected chi connectivity index (χ1v) is 6.98. The highest BCUT2D eigenvalue weighted by Gasteiger charge is 2.47. The van der Waals surface area contributed by atoms with Crippen molar-refractivity contribution in [3.05, 3.63) is 0 Å². The zero-order chi connectivity index (χ0) is 10.2. The van der Waals surface area contributed by atoms with Crippen molar-refractivity contribution in [2.45, 2.75) is 45.6 Å². The molecule has 3 atom stereocenters. The van der Waals surface area contributed by atoms with Crippen LogP contribution in [-0.2, 0) is 4.74 Å². The highest BCUT2D eigenvalue weighted by molar-refractivity contribution is 9.09. The van der Waals surface area contributed by atoms with Crippen molar-refractivity contribution in [3.8, 4) is 0 Å². The van der Waals surface area contributed by atoms with Crippen LogP contribution in [0, 0.1) is 17.3 Å². The monoisotopic (exact) mass is 260 g/mol. The Morgan fingerprint density at radius 3 is 2.86 bits per heavy atom. The highest BCUT2D eigenvalue weighted by atomic mass is 79.9. The van der Waals surface area contributed by atoms with E-state index >= 15 is 0 Å². The van der Waals surface area contributed by atoms with E-state index in [1.54, 1.807) is 0 Å². The average molecular weight is 261 g/mol. The van der Waals surface area contributed by atoms with Gasteiger partial charge in [-0.15, -0.1) is 0 Å². The molecule has 1 aliphatic heterocycles. The Hall–Kier alpha value is 0.440. The molecule has 1 aliphatic carbocycles. The van der Waals surface area contributed by atoms with E-state index < -0.39 is 0 Å². The molecule has 0 bridgehead atoms. The van der Waals surface area contributed by atoms with E-state index in [1.165, 1.54) is 25.7 Å². The Kier molecular flexibility index (Phi) is 3.23. The normalized spacial score (nSPS) is 42.9. The highest BCUT2D eigenvalue weighted by Crippen LogP contribution is 2.50. The largest absolute Gasteiger partial charge is 0.378 e. The van der Waals surface area contributed by atoms with Crippen LogP contribution in [0.5, 0.6) is 0 Å². The topological polar surface area (TPSA) is 9.23 Å². The fraction of sp³-hybridized carbons (Fsp3) is 1.00. The van der Waals surface area contributed by atoms with Crippen molar-refractivity contribution in [2.75, 3.05) is 11.9 Å². The lowest BCUT2D eigenvalue weighted by Gasteiger charge is -2.42. The summed E-state index contributed by atoms with van der Waals surface area (Å²) in [6.45, 7) is 5.71. The molecule has 0 spiro atoms. The number of ether oxygens (including phenoxy) is 1. The molecule has 0 aromatic carbocycles. The van der Waals surface area contributed by atoms with Crippen LogP contribution in [0.15, 0.2) is 0 Å². The molecule has 14 heavy (non-hydrogen) atoms. The van der Waals surface area contributed by atoms with Gasteiger partial charge >= 0.3 is 0 Å². The summed E-state index contributed by atoms with van der Waals surface area (Å²) in [4.78, 5) is 0. The molecule has 0 N–H and O–H groups in total. The first-order valence-electron chi connectivity index (χ1n) is 5.85. The van der Waals surface area contributed by atoms with Crippen LogP contribution in [-0.4, -0.2) is 18.0 Å². The van der Waals surface area contributed by atoms with Crippen LogP contribution in [0.4, 0.5) is 0 Å². The van der Waals surface area contributed by atoms with Gasteiger partial charge in [-0.05, 0) is 37.5 Å². The minimum atomic E-state index is 0.479. The standard InChI is InChI=1S/C12H21BrO/c1-9(2)10-3-4-11-12(7-10,8-13)5-6-14-11/h9-11H,3-8H2,1-2H3/t10-,11+,12+/m1/s1. The summed E-state index contributed by atoms with van der Waals surface area (Å²) >= 11 is 3.71. The second kappa shape index (κ2) is 4.13. The second-order valence-corrected chi connectivity index (χ2v) is 5.95. The molecule has 1 saturated heterocycles. The zero-order valence-corrected chi connectivity index (χ0v) is 10.8. The number of halogens is 1. The quantitative estimate of drug-likeness (QED) is 0.690. The number of fused-ring (bicyclic) bond motifs is 1. The molecular formula is C12H21BrO. The molecule has 1 saturated carbocycles. The summed E-state index contributed by atoms with van der Waals surface area (Å²) in [6, 6.07) is 0. The van der Waals surface area contributed by atoms with Gasteiger partial charge in [-0.25, -0.2) is 0 Å². The molecule has 2 rings (SSSR count). The summed E-state index contributed by atoms with van der Waals surface area (Å²) in [6.07, 6.45) is 5.86. The average Bonchev–Trinajstić information content (AvgIpc) is 2.60. The maximum absolute atomic E-state index is 5.85. The fourth-order valence-corrected chi connectivity index (χ4v) is 4.00. The third-order valence-corrected chi connectivity index (χ3v) is 5.40. The minimum absolute atomic E-state index is 0.479. The van der Waals surface area contributed by atoms with Crippen molar-refractivity contribution in [2.24, 2.45) is 17.3 Å². The number of alkyl halides is 1. The van der Waals surface area contributed by atoms with Gasteiger partial charge in [-0.2, -0.15) is 0 Å². The van der Waals surface area contributed by atoms with Crippen molar-refractivity contribution in [3.63, 3.8) is 0 Å². The lowest BCUT2D eigenvalue weighted by Crippen LogP contribution is -2.40. The molecule has 2 aliphatic rings. The predicted octanol–water partition coefficient (Wildman–Crippen LogP) is 3.61. The molecular weight excluding hydrogens is 240 g/mol. The van der Waals surface area contributed by atoms with Gasteiger partial charge in [-0.1, -0.05) is 29.8 Å². The van der Waals surface area contributed by atoms with E-state index in [0.29, 0.717) is 11.5 Å². The van der Waals surface area contributed by atoms with E-state index in [1.807, 2.05) is 0 Å². The van der Waals surface area contributed by atoms with Crippen molar-refractivity contribution in [1.82, 2.24) is 0 Å². The summed E-state index contributed by atoms with van der Waals surface area (Å²) in [5, 5.41) is 1.13.